The second-order valence-electron chi connectivity index (χ2n) is 6.07. The van der Waals surface area contributed by atoms with Crippen molar-refractivity contribution >= 4 is 23.5 Å². The van der Waals surface area contributed by atoms with Gasteiger partial charge in [-0.05, 0) is 31.5 Å². The number of anilines is 1. The zero-order valence-electron chi connectivity index (χ0n) is 14.2. The summed E-state index contributed by atoms with van der Waals surface area (Å²) in [5, 5.41) is 5.49. The molecule has 1 aliphatic rings. The molecule has 7 heteroatoms. The summed E-state index contributed by atoms with van der Waals surface area (Å²) >= 11 is 1.45. The molecule has 0 radical (unpaired) electrons. The summed E-state index contributed by atoms with van der Waals surface area (Å²) in [5.74, 6) is 1.50. The van der Waals surface area contributed by atoms with Gasteiger partial charge in [0, 0.05) is 6.04 Å². The third-order valence-electron chi connectivity index (χ3n) is 3.93. The number of carbonyl (C=O) groups excluding carboxylic acids is 1. The number of ether oxygens (including phenoxy) is 1. The zero-order valence-corrected chi connectivity index (χ0v) is 15.1. The number of carbonyl (C=O) groups is 1. The molecule has 0 saturated heterocycles. The molecule has 132 valence electrons. The highest BCUT2D eigenvalue weighted by Gasteiger charge is 2.30. The third kappa shape index (κ3) is 3.51. The molecule has 0 saturated carbocycles. The maximum atomic E-state index is 12.6. The van der Waals surface area contributed by atoms with Gasteiger partial charge in [0.2, 0.25) is 5.91 Å². The van der Waals surface area contributed by atoms with Crippen LogP contribution in [0.5, 0.6) is 5.75 Å². The molecule has 0 spiro atoms. The maximum absolute atomic E-state index is 12.6. The summed E-state index contributed by atoms with van der Waals surface area (Å²) in [4.78, 5) is 24.7. The summed E-state index contributed by atoms with van der Waals surface area (Å²) in [5.41, 5.74) is 1.38. The second kappa shape index (κ2) is 7.23. The number of nitrogens with one attached hydrogen (secondary N) is 2. The fourth-order valence-electron chi connectivity index (χ4n) is 2.79. The molecule has 1 aromatic heterocycles. The summed E-state index contributed by atoms with van der Waals surface area (Å²) in [6.45, 7) is 7.99. The first-order chi connectivity index (χ1) is 12.0. The topological polar surface area (TPSA) is 76.1 Å². The number of amides is 1. The molecule has 0 aliphatic carbocycles. The van der Waals surface area contributed by atoms with E-state index in [1.54, 1.807) is 10.8 Å². The van der Waals surface area contributed by atoms with Gasteiger partial charge in [0.05, 0.1) is 16.6 Å². The SMILES string of the molecule is C=CCOc1ccc(C2SCC(=O)Nc3c2c(=O)[nH]n3C(C)C)cc1. The van der Waals surface area contributed by atoms with E-state index in [1.807, 2.05) is 38.1 Å². The number of rotatable bonds is 5. The summed E-state index contributed by atoms with van der Waals surface area (Å²) < 4.78 is 7.22. The van der Waals surface area contributed by atoms with Gasteiger partial charge >= 0.3 is 0 Å². The van der Waals surface area contributed by atoms with Gasteiger partial charge in [-0.2, -0.15) is 0 Å². The maximum Gasteiger partial charge on any atom is 0.270 e. The Kier molecular flexibility index (Phi) is 5.03. The number of aromatic amines is 1. The molecule has 1 amide bonds. The van der Waals surface area contributed by atoms with Crippen LogP contribution >= 0.6 is 11.8 Å². The highest BCUT2D eigenvalue weighted by molar-refractivity contribution is 8.00. The molecule has 0 bridgehead atoms. The van der Waals surface area contributed by atoms with Crippen LogP contribution in [-0.4, -0.2) is 28.0 Å². The lowest BCUT2D eigenvalue weighted by atomic mass is 10.1. The molecule has 1 unspecified atom stereocenters. The number of aromatic nitrogens is 2. The summed E-state index contributed by atoms with van der Waals surface area (Å²) in [6.07, 6.45) is 1.69. The Balaban J connectivity index is 2.01. The van der Waals surface area contributed by atoms with Crippen LogP contribution in [0.3, 0.4) is 0 Å². The number of thioether (sulfide) groups is 1. The summed E-state index contributed by atoms with van der Waals surface area (Å²) in [7, 11) is 0. The number of fused-ring (bicyclic) bond motifs is 1. The van der Waals surface area contributed by atoms with Gasteiger partial charge in [-0.3, -0.25) is 19.4 Å². The number of H-pyrrole nitrogens is 1. The molecule has 1 atom stereocenters. The molecule has 1 aliphatic heterocycles. The monoisotopic (exact) mass is 359 g/mol. The van der Waals surface area contributed by atoms with Crippen LogP contribution in [-0.2, 0) is 4.79 Å². The first kappa shape index (κ1) is 17.4. The molecule has 6 nitrogen and oxygen atoms in total. The Morgan fingerprint density at radius 2 is 2.08 bits per heavy atom. The van der Waals surface area contributed by atoms with Crippen LogP contribution in [0.4, 0.5) is 5.82 Å². The molecule has 1 aromatic carbocycles. The van der Waals surface area contributed by atoms with Crippen molar-refractivity contribution in [3.63, 3.8) is 0 Å². The Labute approximate surface area is 150 Å². The van der Waals surface area contributed by atoms with E-state index in [4.69, 9.17) is 4.74 Å². The first-order valence-corrected chi connectivity index (χ1v) is 9.15. The standard InChI is InChI=1S/C18H21N3O3S/c1-4-9-24-13-7-5-12(6-8-13)16-15-17(19-14(22)10-25-16)21(11(2)3)20-18(15)23/h4-8,11,16H,1,9-10H2,2-3H3,(H,19,22)(H,20,23). The lowest BCUT2D eigenvalue weighted by Crippen LogP contribution is -2.17. The minimum atomic E-state index is -0.217. The lowest BCUT2D eigenvalue weighted by molar-refractivity contribution is -0.113. The van der Waals surface area contributed by atoms with Crippen LogP contribution < -0.4 is 15.6 Å². The predicted molar refractivity (Wildman–Crippen MR) is 101 cm³/mol. The van der Waals surface area contributed by atoms with Crippen molar-refractivity contribution in [2.24, 2.45) is 0 Å². The van der Waals surface area contributed by atoms with Crippen molar-refractivity contribution in [2.45, 2.75) is 25.1 Å². The van der Waals surface area contributed by atoms with Gasteiger partial charge in [-0.25, -0.2) is 0 Å². The Bertz CT molecular complexity index is 836. The average Bonchev–Trinajstić information content (AvgIpc) is 2.80. The van der Waals surface area contributed by atoms with Gasteiger partial charge in [-0.1, -0.05) is 24.8 Å². The van der Waals surface area contributed by atoms with Crippen LogP contribution in [0.15, 0.2) is 41.7 Å². The van der Waals surface area contributed by atoms with Crippen LogP contribution in [0, 0.1) is 0 Å². The Hall–Kier alpha value is -2.41. The quantitative estimate of drug-likeness (QED) is 0.805. The molecule has 2 aromatic rings. The number of benzene rings is 1. The fraction of sp³-hybridized carbons (Fsp3) is 0.333. The van der Waals surface area contributed by atoms with Gasteiger partial charge in [0.25, 0.3) is 5.56 Å². The number of hydrogen-bond acceptors (Lipinski definition) is 4. The van der Waals surface area contributed by atoms with Gasteiger partial charge in [0.15, 0.2) is 0 Å². The molecular formula is C18H21N3O3S. The van der Waals surface area contributed by atoms with Crippen molar-refractivity contribution in [3.05, 3.63) is 58.4 Å². The normalized spacial score (nSPS) is 16.9. The van der Waals surface area contributed by atoms with Crippen LogP contribution in [0.2, 0.25) is 0 Å². The van der Waals surface area contributed by atoms with E-state index >= 15 is 0 Å². The van der Waals surface area contributed by atoms with Gasteiger partial charge < -0.3 is 10.1 Å². The number of nitrogens with zero attached hydrogens (tertiary/aromatic N) is 1. The van der Waals surface area contributed by atoms with Crippen molar-refractivity contribution in [2.75, 3.05) is 17.7 Å². The lowest BCUT2D eigenvalue weighted by Gasteiger charge is -2.15. The van der Waals surface area contributed by atoms with Crippen molar-refractivity contribution in [1.82, 2.24) is 9.78 Å². The zero-order chi connectivity index (χ0) is 18.0. The van der Waals surface area contributed by atoms with Crippen molar-refractivity contribution < 1.29 is 9.53 Å². The molecule has 25 heavy (non-hydrogen) atoms. The van der Waals surface area contributed by atoms with E-state index in [2.05, 4.69) is 17.0 Å². The smallest absolute Gasteiger partial charge is 0.270 e. The van der Waals surface area contributed by atoms with Gasteiger partial charge in [0.1, 0.15) is 18.2 Å². The van der Waals surface area contributed by atoms with Crippen LogP contribution in [0.1, 0.15) is 36.3 Å². The highest BCUT2D eigenvalue weighted by atomic mass is 32.2. The molecular weight excluding hydrogens is 338 g/mol. The van der Waals surface area contributed by atoms with Crippen molar-refractivity contribution in [3.8, 4) is 5.75 Å². The largest absolute Gasteiger partial charge is 0.490 e. The van der Waals surface area contributed by atoms with E-state index in [9.17, 15) is 9.59 Å². The average molecular weight is 359 g/mol. The van der Waals surface area contributed by atoms with E-state index in [-0.39, 0.29) is 22.8 Å². The van der Waals surface area contributed by atoms with E-state index in [0.717, 1.165) is 11.3 Å². The Morgan fingerprint density at radius 3 is 2.72 bits per heavy atom. The van der Waals surface area contributed by atoms with Crippen molar-refractivity contribution in [1.29, 1.82) is 0 Å². The molecule has 0 fully saturated rings. The Morgan fingerprint density at radius 1 is 1.36 bits per heavy atom. The number of hydrogen-bond donors (Lipinski definition) is 2. The minimum Gasteiger partial charge on any atom is -0.490 e. The van der Waals surface area contributed by atoms with E-state index < -0.39 is 0 Å². The predicted octanol–water partition coefficient (Wildman–Crippen LogP) is 3.10. The van der Waals surface area contributed by atoms with Crippen LogP contribution in [0.25, 0.3) is 0 Å². The van der Waals surface area contributed by atoms with Gasteiger partial charge in [-0.15, -0.1) is 11.8 Å². The van der Waals surface area contributed by atoms with E-state index in [0.29, 0.717) is 23.7 Å². The van der Waals surface area contributed by atoms with E-state index in [1.165, 1.54) is 11.8 Å². The molecule has 2 heterocycles. The third-order valence-corrected chi connectivity index (χ3v) is 5.20. The molecule has 3 rings (SSSR count). The summed E-state index contributed by atoms with van der Waals surface area (Å²) in [6, 6.07) is 7.64. The second-order valence-corrected chi connectivity index (χ2v) is 7.17. The first-order valence-electron chi connectivity index (χ1n) is 8.10. The fourth-order valence-corrected chi connectivity index (χ4v) is 3.91. The minimum absolute atomic E-state index is 0.0372. The highest BCUT2D eigenvalue weighted by Crippen LogP contribution is 2.40. The molecule has 2 N–H and O–H groups in total.